The number of aryl methyl sites for hydroxylation is 1. The maximum Gasteiger partial charge on any atom is 0.224 e. The molecule has 1 fully saturated rings. The average molecular weight is 318 g/mol. The highest BCUT2D eigenvalue weighted by Gasteiger charge is 2.28. The highest BCUT2D eigenvalue weighted by Crippen LogP contribution is 2.24. The number of hydrogen-bond donors (Lipinski definition) is 2. The van der Waals surface area contributed by atoms with Crippen LogP contribution in [-0.2, 0) is 4.79 Å². The predicted octanol–water partition coefficient (Wildman–Crippen LogP) is 1.72. The molecule has 122 valence electrons. The van der Waals surface area contributed by atoms with Gasteiger partial charge in [0.15, 0.2) is 5.82 Å². The Labute approximate surface area is 133 Å². The van der Waals surface area contributed by atoms with Crippen LogP contribution in [0.5, 0.6) is 0 Å². The van der Waals surface area contributed by atoms with Gasteiger partial charge in [0.05, 0.1) is 0 Å². The molecule has 2 aromatic rings. The van der Waals surface area contributed by atoms with E-state index in [4.69, 9.17) is 4.52 Å². The van der Waals surface area contributed by atoms with Crippen molar-refractivity contribution in [2.45, 2.75) is 25.8 Å². The summed E-state index contributed by atoms with van der Waals surface area (Å²) in [5, 5.41) is 9.95. The molecule has 1 saturated heterocycles. The predicted molar refractivity (Wildman–Crippen MR) is 81.0 cm³/mol. The fourth-order valence-electron chi connectivity index (χ4n) is 2.77. The zero-order chi connectivity index (χ0) is 16.2. The maximum atomic E-state index is 14.2. The smallest absolute Gasteiger partial charge is 0.224 e. The highest BCUT2D eigenvalue weighted by molar-refractivity contribution is 5.79. The van der Waals surface area contributed by atoms with Gasteiger partial charge < -0.3 is 15.2 Å². The van der Waals surface area contributed by atoms with E-state index in [1.54, 1.807) is 25.1 Å². The van der Waals surface area contributed by atoms with Crippen molar-refractivity contribution < 1.29 is 13.7 Å². The van der Waals surface area contributed by atoms with Crippen LogP contribution in [-0.4, -0.2) is 29.1 Å². The number of carbonyl (C=O) groups excluding carboxylic acids is 1. The zero-order valence-electron chi connectivity index (χ0n) is 12.9. The van der Waals surface area contributed by atoms with Crippen molar-refractivity contribution in [3.63, 3.8) is 0 Å². The first kappa shape index (κ1) is 15.6. The quantitative estimate of drug-likeness (QED) is 0.897. The number of nitrogens with zero attached hydrogens (tertiary/aromatic N) is 2. The standard InChI is InChI=1S/C16H19FN4O2/c1-10-19-15(21-23-10)14(12-4-2-3-5-13(12)17)20-16(22)11-6-8-18-9-7-11/h2-5,11,14,18H,6-9H2,1H3,(H,20,22). The summed E-state index contributed by atoms with van der Waals surface area (Å²) in [4.78, 5) is 16.7. The Bertz CT molecular complexity index is 682. The number of benzene rings is 1. The Kier molecular flexibility index (Phi) is 4.66. The molecule has 1 aliphatic rings. The van der Waals surface area contributed by atoms with Crippen molar-refractivity contribution >= 4 is 5.91 Å². The molecule has 23 heavy (non-hydrogen) atoms. The van der Waals surface area contributed by atoms with Gasteiger partial charge in [-0.15, -0.1) is 0 Å². The van der Waals surface area contributed by atoms with Crippen molar-refractivity contribution in [1.29, 1.82) is 0 Å². The lowest BCUT2D eigenvalue weighted by Gasteiger charge is -2.24. The molecular weight excluding hydrogens is 299 g/mol. The monoisotopic (exact) mass is 318 g/mol. The SMILES string of the molecule is Cc1nc(C(NC(=O)C2CCNCC2)c2ccccc2F)no1. The minimum absolute atomic E-state index is 0.0847. The van der Waals surface area contributed by atoms with Gasteiger partial charge >= 0.3 is 0 Å². The summed E-state index contributed by atoms with van der Waals surface area (Å²) in [5.41, 5.74) is 0.329. The summed E-state index contributed by atoms with van der Waals surface area (Å²) in [7, 11) is 0. The van der Waals surface area contributed by atoms with Crippen LogP contribution in [0.4, 0.5) is 4.39 Å². The zero-order valence-corrected chi connectivity index (χ0v) is 12.9. The number of hydrogen-bond acceptors (Lipinski definition) is 5. The molecule has 2 heterocycles. The van der Waals surface area contributed by atoms with E-state index in [2.05, 4.69) is 20.8 Å². The Morgan fingerprint density at radius 1 is 1.39 bits per heavy atom. The van der Waals surface area contributed by atoms with Gasteiger partial charge in [-0.05, 0) is 32.0 Å². The first-order chi connectivity index (χ1) is 11.1. The van der Waals surface area contributed by atoms with Gasteiger partial charge in [-0.1, -0.05) is 23.4 Å². The number of piperidine rings is 1. The number of carbonyl (C=O) groups is 1. The topological polar surface area (TPSA) is 80.0 Å². The summed E-state index contributed by atoms with van der Waals surface area (Å²) in [6.45, 7) is 3.27. The van der Waals surface area contributed by atoms with E-state index in [1.807, 2.05) is 0 Å². The molecule has 1 aromatic heterocycles. The van der Waals surface area contributed by atoms with Gasteiger partial charge in [0, 0.05) is 18.4 Å². The summed E-state index contributed by atoms with van der Waals surface area (Å²) in [5.74, 6) is 0.0265. The lowest BCUT2D eigenvalue weighted by Crippen LogP contribution is -2.40. The van der Waals surface area contributed by atoms with Crippen molar-refractivity contribution in [2.24, 2.45) is 5.92 Å². The number of rotatable bonds is 4. The van der Waals surface area contributed by atoms with Crippen molar-refractivity contribution in [2.75, 3.05) is 13.1 Å². The minimum Gasteiger partial charge on any atom is -0.342 e. The van der Waals surface area contributed by atoms with E-state index in [0.29, 0.717) is 11.5 Å². The van der Waals surface area contributed by atoms with E-state index in [0.717, 1.165) is 25.9 Å². The molecule has 0 radical (unpaired) electrons. The largest absolute Gasteiger partial charge is 0.342 e. The van der Waals surface area contributed by atoms with Crippen LogP contribution in [0, 0.1) is 18.7 Å². The molecule has 0 bridgehead atoms. The second-order valence-electron chi connectivity index (χ2n) is 5.66. The third-order valence-electron chi connectivity index (χ3n) is 4.01. The molecule has 1 amide bonds. The Morgan fingerprint density at radius 3 is 2.78 bits per heavy atom. The molecule has 0 saturated carbocycles. The molecule has 3 rings (SSSR count). The molecule has 0 spiro atoms. The summed E-state index contributed by atoms with van der Waals surface area (Å²) >= 11 is 0. The maximum absolute atomic E-state index is 14.2. The molecule has 2 N–H and O–H groups in total. The molecule has 0 aliphatic carbocycles. The van der Waals surface area contributed by atoms with E-state index in [9.17, 15) is 9.18 Å². The van der Waals surface area contributed by atoms with E-state index in [1.165, 1.54) is 6.07 Å². The van der Waals surface area contributed by atoms with Gasteiger partial charge in [0.1, 0.15) is 11.9 Å². The molecule has 1 unspecified atom stereocenters. The average Bonchev–Trinajstić information content (AvgIpc) is 3.00. The van der Waals surface area contributed by atoms with Gasteiger partial charge in [-0.3, -0.25) is 4.79 Å². The molecule has 1 aromatic carbocycles. The number of halogens is 1. The van der Waals surface area contributed by atoms with Crippen molar-refractivity contribution in [3.8, 4) is 0 Å². The molecule has 1 aliphatic heterocycles. The molecule has 1 atom stereocenters. The van der Waals surface area contributed by atoms with Crippen LogP contribution in [0.2, 0.25) is 0 Å². The lowest BCUT2D eigenvalue weighted by molar-refractivity contribution is -0.126. The number of amides is 1. The number of nitrogens with one attached hydrogen (secondary N) is 2. The van der Waals surface area contributed by atoms with Crippen molar-refractivity contribution in [1.82, 2.24) is 20.8 Å². The van der Waals surface area contributed by atoms with Crippen LogP contribution in [0.25, 0.3) is 0 Å². The van der Waals surface area contributed by atoms with Crippen LogP contribution >= 0.6 is 0 Å². The second-order valence-corrected chi connectivity index (χ2v) is 5.66. The van der Waals surface area contributed by atoms with Gasteiger partial charge in [0.2, 0.25) is 11.8 Å². The lowest BCUT2D eigenvalue weighted by atomic mass is 9.96. The second kappa shape index (κ2) is 6.87. The summed E-state index contributed by atoms with van der Waals surface area (Å²) in [6.07, 6.45) is 1.53. The Morgan fingerprint density at radius 2 is 2.13 bits per heavy atom. The van der Waals surface area contributed by atoms with Crippen LogP contribution in [0.1, 0.15) is 36.2 Å². The normalized spacial score (nSPS) is 17.0. The third kappa shape index (κ3) is 3.56. The summed E-state index contributed by atoms with van der Waals surface area (Å²) in [6, 6.07) is 5.54. The Balaban J connectivity index is 1.86. The summed E-state index contributed by atoms with van der Waals surface area (Å²) < 4.78 is 19.2. The van der Waals surface area contributed by atoms with Crippen molar-refractivity contribution in [3.05, 3.63) is 47.4 Å². The first-order valence-electron chi connectivity index (χ1n) is 7.71. The minimum atomic E-state index is -0.754. The first-order valence-corrected chi connectivity index (χ1v) is 7.71. The van der Waals surface area contributed by atoms with Crippen LogP contribution in [0.3, 0.4) is 0 Å². The van der Waals surface area contributed by atoms with Crippen LogP contribution in [0.15, 0.2) is 28.8 Å². The highest BCUT2D eigenvalue weighted by atomic mass is 19.1. The fraction of sp³-hybridized carbons (Fsp3) is 0.438. The Hall–Kier alpha value is -2.28. The number of aromatic nitrogens is 2. The van der Waals surface area contributed by atoms with Gasteiger partial charge in [-0.2, -0.15) is 4.98 Å². The molecular formula is C16H19FN4O2. The third-order valence-corrected chi connectivity index (χ3v) is 4.01. The van der Waals surface area contributed by atoms with Gasteiger partial charge in [-0.25, -0.2) is 4.39 Å². The van der Waals surface area contributed by atoms with E-state index >= 15 is 0 Å². The van der Waals surface area contributed by atoms with E-state index in [-0.39, 0.29) is 17.6 Å². The molecule has 6 nitrogen and oxygen atoms in total. The van der Waals surface area contributed by atoms with Crippen LogP contribution < -0.4 is 10.6 Å². The fourth-order valence-corrected chi connectivity index (χ4v) is 2.77. The van der Waals surface area contributed by atoms with Gasteiger partial charge in [0.25, 0.3) is 0 Å². The molecule has 7 heteroatoms. The van der Waals surface area contributed by atoms with E-state index < -0.39 is 11.9 Å².